The third-order valence-corrected chi connectivity index (χ3v) is 13.2. The van der Waals surface area contributed by atoms with Crippen LogP contribution in [-0.2, 0) is 5.41 Å². The van der Waals surface area contributed by atoms with Gasteiger partial charge in [-0.05, 0) is 87.8 Å². The van der Waals surface area contributed by atoms with Crippen LogP contribution < -0.4 is 0 Å². The van der Waals surface area contributed by atoms with Gasteiger partial charge in [0.25, 0.3) is 0 Å². The number of rotatable bonds is 4. The maximum Gasteiger partial charge on any atom is 0.0973 e. The van der Waals surface area contributed by atoms with E-state index in [9.17, 15) is 0 Å². The van der Waals surface area contributed by atoms with Crippen LogP contribution in [-0.4, -0.2) is 19.1 Å². The zero-order valence-corrected chi connectivity index (χ0v) is 33.8. The summed E-state index contributed by atoms with van der Waals surface area (Å²) in [4.78, 5) is 11.3. The van der Waals surface area contributed by atoms with Crippen molar-refractivity contribution < 1.29 is 0 Å². The summed E-state index contributed by atoms with van der Waals surface area (Å²) < 4.78 is 4.79. The van der Waals surface area contributed by atoms with Crippen molar-refractivity contribution in [3.8, 4) is 45.1 Å². The lowest BCUT2D eigenvalue weighted by atomic mass is 9.85. The Bertz CT molecular complexity index is 3790. The Balaban J connectivity index is 1.01. The van der Waals surface area contributed by atoms with E-state index in [2.05, 4.69) is 217 Å². The number of benzene rings is 9. The summed E-state index contributed by atoms with van der Waals surface area (Å²) in [6.45, 7) is 4.55. The van der Waals surface area contributed by atoms with E-state index in [1.807, 2.05) is 0 Å². The molecule has 0 amide bonds. The largest absolute Gasteiger partial charge is 0.309 e. The van der Waals surface area contributed by atoms with Crippen LogP contribution in [0.3, 0.4) is 0 Å². The molecule has 0 N–H and O–H groups in total. The fourth-order valence-corrected chi connectivity index (χ4v) is 10.2. The number of hydrogen-bond donors (Lipinski definition) is 0. The summed E-state index contributed by atoms with van der Waals surface area (Å²) >= 11 is 0. The Kier molecular flexibility index (Phi) is 7.04. The Morgan fingerprint density at radius 1 is 0.361 bits per heavy atom. The first-order valence-electron chi connectivity index (χ1n) is 21.1. The van der Waals surface area contributed by atoms with Crippen molar-refractivity contribution in [3.05, 3.63) is 205 Å². The second kappa shape index (κ2) is 12.6. The van der Waals surface area contributed by atoms with Gasteiger partial charge < -0.3 is 9.13 Å². The van der Waals surface area contributed by atoms with Gasteiger partial charge in [-0.25, -0.2) is 9.97 Å². The minimum atomic E-state index is -0.296. The van der Waals surface area contributed by atoms with Crippen LogP contribution in [0.15, 0.2) is 194 Å². The first kappa shape index (κ1) is 34.1. The molecule has 1 aliphatic carbocycles. The zero-order valence-electron chi connectivity index (χ0n) is 33.8. The van der Waals surface area contributed by atoms with E-state index in [-0.39, 0.29) is 5.41 Å². The summed E-state index contributed by atoms with van der Waals surface area (Å²) in [6.07, 6.45) is 0. The molecule has 0 aliphatic heterocycles. The molecule has 1 aliphatic rings. The highest BCUT2D eigenvalue weighted by molar-refractivity contribution is 6.14. The molecular weight excluding hydrogens is 741 g/mol. The van der Waals surface area contributed by atoms with Crippen LogP contribution in [0.25, 0.3) is 110 Å². The van der Waals surface area contributed by atoms with Gasteiger partial charge >= 0.3 is 0 Å². The van der Waals surface area contributed by atoms with Gasteiger partial charge in [0.2, 0.25) is 0 Å². The van der Waals surface area contributed by atoms with Gasteiger partial charge in [-0.3, -0.25) is 0 Å². The highest BCUT2D eigenvalue weighted by atomic mass is 15.0. The lowest BCUT2D eigenvalue weighted by molar-refractivity contribution is 0.636. The third kappa shape index (κ3) is 4.93. The van der Waals surface area contributed by atoms with Gasteiger partial charge in [0.1, 0.15) is 0 Å². The molecule has 0 saturated heterocycles. The molecular formula is C57H38N4. The number of nitrogens with zero attached hydrogens (tertiary/aromatic N) is 4. The first-order chi connectivity index (χ1) is 30.0. The second-order valence-electron chi connectivity index (χ2n) is 17.0. The van der Waals surface area contributed by atoms with E-state index in [4.69, 9.17) is 9.97 Å². The monoisotopic (exact) mass is 778 g/mol. The fraction of sp³-hybridized carbons (Fsp3) is 0.0526. The van der Waals surface area contributed by atoms with Crippen LogP contribution in [0, 0.1) is 0 Å². The van der Waals surface area contributed by atoms with E-state index in [1.54, 1.807) is 0 Å². The number of para-hydroxylation sites is 3. The Hall–Kier alpha value is -7.82. The summed E-state index contributed by atoms with van der Waals surface area (Å²) in [5.74, 6) is 0. The molecule has 0 bridgehead atoms. The first-order valence-corrected chi connectivity index (χ1v) is 21.1. The van der Waals surface area contributed by atoms with Crippen molar-refractivity contribution in [2.75, 3.05) is 0 Å². The molecule has 4 nitrogen and oxygen atoms in total. The Morgan fingerprint density at radius 3 is 1.74 bits per heavy atom. The Labute approximate surface area is 352 Å². The molecule has 12 aromatic rings. The second-order valence-corrected chi connectivity index (χ2v) is 17.0. The van der Waals surface area contributed by atoms with E-state index in [0.717, 1.165) is 61.7 Å². The highest BCUT2D eigenvalue weighted by Gasteiger charge is 2.39. The minimum Gasteiger partial charge on any atom is -0.309 e. The molecule has 4 heteroatoms. The Morgan fingerprint density at radius 2 is 0.918 bits per heavy atom. The maximum atomic E-state index is 5.66. The van der Waals surface area contributed by atoms with Crippen molar-refractivity contribution in [1.29, 1.82) is 0 Å². The molecule has 0 atom stereocenters. The molecule has 286 valence electrons. The van der Waals surface area contributed by atoms with Crippen LogP contribution in [0.1, 0.15) is 25.1 Å². The maximum absolute atomic E-state index is 5.66. The lowest BCUT2D eigenvalue weighted by Crippen LogP contribution is -2.17. The summed E-state index contributed by atoms with van der Waals surface area (Å²) in [6, 6.07) is 70.5. The number of aromatic nitrogens is 4. The summed E-state index contributed by atoms with van der Waals surface area (Å²) in [5.41, 5.74) is 15.0. The van der Waals surface area contributed by atoms with Gasteiger partial charge in [0, 0.05) is 55.0 Å². The SMILES string of the molecule is CC1(C)c2ccccc2-c2nc(-c3ccc4c5ccccc5n(-c5ccccc5)c4c3)c(-c3ccc4cc(-n5c6ccccc6c6cc7ccccc7cc65)ccc4c3)nc21. The van der Waals surface area contributed by atoms with E-state index >= 15 is 0 Å². The van der Waals surface area contributed by atoms with Gasteiger partial charge in [-0.2, -0.15) is 0 Å². The average molecular weight is 779 g/mol. The quantitative estimate of drug-likeness (QED) is 0.178. The molecule has 0 spiro atoms. The highest BCUT2D eigenvalue weighted by Crippen LogP contribution is 2.49. The van der Waals surface area contributed by atoms with Crippen LogP contribution in [0.2, 0.25) is 0 Å². The topological polar surface area (TPSA) is 35.6 Å². The van der Waals surface area contributed by atoms with Crippen molar-refractivity contribution >= 4 is 65.2 Å². The van der Waals surface area contributed by atoms with E-state index < -0.39 is 0 Å². The molecule has 3 aromatic heterocycles. The smallest absolute Gasteiger partial charge is 0.0973 e. The zero-order chi connectivity index (χ0) is 40.4. The summed E-state index contributed by atoms with van der Waals surface area (Å²) in [5, 5.41) is 9.78. The molecule has 0 unspecified atom stereocenters. The minimum absolute atomic E-state index is 0.296. The number of hydrogen-bond acceptors (Lipinski definition) is 2. The predicted molar refractivity (Wildman–Crippen MR) is 254 cm³/mol. The van der Waals surface area contributed by atoms with Crippen molar-refractivity contribution in [2.24, 2.45) is 0 Å². The molecule has 0 fully saturated rings. The fourth-order valence-electron chi connectivity index (χ4n) is 10.2. The molecule has 9 aromatic carbocycles. The molecule has 61 heavy (non-hydrogen) atoms. The van der Waals surface area contributed by atoms with E-state index in [1.165, 1.54) is 59.8 Å². The normalized spacial score (nSPS) is 13.2. The standard InChI is InChI=1S/C57H38N4/c1-57(2)48-21-11-8-20-46(48)55-56(57)59-54(53(58-55)40-27-29-45-43-18-9-12-22-49(43)60(51(45)34-40)41-16-4-3-5-17-41)39-25-24-38-31-42(28-26-37(38)30-39)61-50-23-13-10-19-44(50)47-32-35-14-6-7-15-36(35)33-52(47)61/h3-34H,1-2H3. The molecule has 3 heterocycles. The summed E-state index contributed by atoms with van der Waals surface area (Å²) in [7, 11) is 0. The molecule has 0 saturated carbocycles. The van der Waals surface area contributed by atoms with Gasteiger partial charge in [0.15, 0.2) is 0 Å². The van der Waals surface area contributed by atoms with Gasteiger partial charge in [-0.1, -0.05) is 147 Å². The van der Waals surface area contributed by atoms with Crippen LogP contribution in [0.5, 0.6) is 0 Å². The van der Waals surface area contributed by atoms with Crippen molar-refractivity contribution in [3.63, 3.8) is 0 Å². The van der Waals surface area contributed by atoms with Crippen LogP contribution in [0.4, 0.5) is 0 Å². The molecule has 0 radical (unpaired) electrons. The predicted octanol–water partition coefficient (Wildman–Crippen LogP) is 14.6. The average Bonchev–Trinajstić information content (AvgIpc) is 3.89. The van der Waals surface area contributed by atoms with Crippen LogP contribution >= 0.6 is 0 Å². The lowest BCUT2D eigenvalue weighted by Gasteiger charge is -2.21. The van der Waals surface area contributed by atoms with Crippen molar-refractivity contribution in [2.45, 2.75) is 19.3 Å². The van der Waals surface area contributed by atoms with Gasteiger partial charge in [0.05, 0.1) is 44.8 Å². The third-order valence-electron chi connectivity index (χ3n) is 13.2. The number of fused-ring (bicyclic) bond motifs is 11. The van der Waals surface area contributed by atoms with Gasteiger partial charge in [-0.15, -0.1) is 0 Å². The van der Waals surface area contributed by atoms with Crippen molar-refractivity contribution in [1.82, 2.24) is 19.1 Å². The van der Waals surface area contributed by atoms with E-state index in [0.29, 0.717) is 0 Å². The molecule has 13 rings (SSSR count).